The van der Waals surface area contributed by atoms with Gasteiger partial charge in [-0.1, -0.05) is 6.58 Å². The summed E-state index contributed by atoms with van der Waals surface area (Å²) in [6, 6.07) is 10.4. The van der Waals surface area contributed by atoms with Crippen molar-refractivity contribution in [2.45, 2.75) is 12.8 Å². The topological polar surface area (TPSA) is 122 Å². The Balaban J connectivity index is 1.70. The molecule has 0 spiro atoms. The second-order valence-corrected chi connectivity index (χ2v) is 8.58. The van der Waals surface area contributed by atoms with Crippen molar-refractivity contribution in [3.8, 4) is 11.5 Å². The van der Waals surface area contributed by atoms with E-state index in [1.165, 1.54) is 6.07 Å². The molecule has 33 heavy (non-hydrogen) atoms. The lowest BCUT2D eigenvalue weighted by Crippen LogP contribution is -2.17. The SMILES string of the molecule is C=CS(=O)(=O)Nc1cc(F)ccc1C(=O)Nc1cc(CCc2cc(OC)cc(OC)c2)[nH]n1. The van der Waals surface area contributed by atoms with Crippen LogP contribution in [0.25, 0.3) is 0 Å². The molecular weight excluding hydrogens is 451 g/mol. The van der Waals surface area contributed by atoms with Gasteiger partial charge in [0.1, 0.15) is 17.3 Å². The average Bonchev–Trinajstić information content (AvgIpc) is 3.24. The van der Waals surface area contributed by atoms with Crippen LogP contribution in [0.4, 0.5) is 15.9 Å². The van der Waals surface area contributed by atoms with Crippen molar-refractivity contribution in [3.63, 3.8) is 0 Å². The lowest BCUT2D eigenvalue weighted by molar-refractivity contribution is 0.102. The minimum absolute atomic E-state index is 0.0742. The van der Waals surface area contributed by atoms with E-state index in [0.717, 1.165) is 23.4 Å². The molecule has 0 radical (unpaired) electrons. The number of amides is 1. The van der Waals surface area contributed by atoms with Gasteiger partial charge in [-0.05, 0) is 48.7 Å². The monoisotopic (exact) mass is 474 g/mol. The highest BCUT2D eigenvalue weighted by molar-refractivity contribution is 7.95. The Morgan fingerprint density at radius 1 is 1.12 bits per heavy atom. The van der Waals surface area contributed by atoms with E-state index < -0.39 is 21.7 Å². The molecule has 9 nitrogen and oxygen atoms in total. The van der Waals surface area contributed by atoms with Crippen LogP contribution in [0.3, 0.4) is 0 Å². The summed E-state index contributed by atoms with van der Waals surface area (Å²) < 4.78 is 49.8. The molecule has 1 aromatic heterocycles. The average molecular weight is 475 g/mol. The van der Waals surface area contributed by atoms with Gasteiger partial charge >= 0.3 is 0 Å². The highest BCUT2D eigenvalue weighted by Gasteiger charge is 2.17. The molecule has 174 valence electrons. The van der Waals surface area contributed by atoms with Gasteiger partial charge in [-0.2, -0.15) is 5.10 Å². The minimum Gasteiger partial charge on any atom is -0.497 e. The Labute approximate surface area is 190 Å². The highest BCUT2D eigenvalue weighted by atomic mass is 32.2. The van der Waals surface area contributed by atoms with Gasteiger partial charge in [0.2, 0.25) is 0 Å². The van der Waals surface area contributed by atoms with E-state index in [0.29, 0.717) is 29.7 Å². The lowest BCUT2D eigenvalue weighted by atomic mass is 10.1. The Morgan fingerprint density at radius 2 is 1.82 bits per heavy atom. The number of rotatable bonds is 10. The zero-order valence-corrected chi connectivity index (χ0v) is 18.8. The van der Waals surface area contributed by atoms with Crippen LogP contribution in [0.1, 0.15) is 21.6 Å². The number of aromatic nitrogens is 2. The third-order valence-electron chi connectivity index (χ3n) is 4.66. The van der Waals surface area contributed by atoms with Crippen molar-refractivity contribution in [3.05, 3.63) is 77.1 Å². The summed E-state index contributed by atoms with van der Waals surface area (Å²) in [6.45, 7) is 3.18. The Bertz CT molecular complexity index is 1250. The summed E-state index contributed by atoms with van der Waals surface area (Å²) in [7, 11) is -0.769. The van der Waals surface area contributed by atoms with Crippen molar-refractivity contribution >= 4 is 27.4 Å². The smallest absolute Gasteiger partial charge is 0.258 e. The second kappa shape index (κ2) is 10.2. The van der Waals surface area contributed by atoms with Gasteiger partial charge < -0.3 is 14.8 Å². The van der Waals surface area contributed by atoms with Gasteiger partial charge in [-0.25, -0.2) is 12.8 Å². The van der Waals surface area contributed by atoms with Crippen molar-refractivity contribution < 1.29 is 27.1 Å². The number of nitrogens with zero attached hydrogens (tertiary/aromatic N) is 1. The number of methoxy groups -OCH3 is 2. The number of hydrogen-bond acceptors (Lipinski definition) is 6. The molecule has 0 atom stereocenters. The molecule has 0 aliphatic rings. The highest BCUT2D eigenvalue weighted by Crippen LogP contribution is 2.24. The molecule has 3 aromatic rings. The van der Waals surface area contributed by atoms with Gasteiger partial charge in [-0.3, -0.25) is 14.6 Å². The number of carbonyl (C=O) groups is 1. The number of benzene rings is 2. The van der Waals surface area contributed by atoms with E-state index in [2.05, 4.69) is 26.8 Å². The van der Waals surface area contributed by atoms with E-state index >= 15 is 0 Å². The van der Waals surface area contributed by atoms with E-state index in [-0.39, 0.29) is 17.1 Å². The molecule has 0 saturated carbocycles. The number of hydrogen-bond donors (Lipinski definition) is 3. The molecule has 0 saturated heterocycles. The first-order valence-corrected chi connectivity index (χ1v) is 11.3. The normalized spacial score (nSPS) is 11.0. The maximum absolute atomic E-state index is 13.6. The van der Waals surface area contributed by atoms with Gasteiger partial charge in [0.05, 0.1) is 25.5 Å². The van der Waals surface area contributed by atoms with Crippen LogP contribution >= 0.6 is 0 Å². The fourth-order valence-electron chi connectivity index (χ4n) is 3.02. The number of nitrogens with one attached hydrogen (secondary N) is 3. The molecule has 0 unspecified atom stereocenters. The number of aryl methyl sites for hydroxylation is 2. The Morgan fingerprint density at radius 3 is 2.45 bits per heavy atom. The predicted octanol–water partition coefficient (Wildman–Crippen LogP) is 3.49. The van der Waals surface area contributed by atoms with Crippen LogP contribution in [0.15, 0.2) is 54.5 Å². The van der Waals surface area contributed by atoms with E-state index in [9.17, 15) is 17.6 Å². The Kier molecular flexibility index (Phi) is 7.34. The molecule has 0 aliphatic carbocycles. The van der Waals surface area contributed by atoms with Crippen LogP contribution in [-0.2, 0) is 22.9 Å². The van der Waals surface area contributed by atoms with Gasteiger partial charge in [0.25, 0.3) is 15.9 Å². The number of sulfonamides is 1. The summed E-state index contributed by atoms with van der Waals surface area (Å²) in [4.78, 5) is 12.7. The summed E-state index contributed by atoms with van der Waals surface area (Å²) in [5.41, 5.74) is 1.47. The van der Waals surface area contributed by atoms with Gasteiger partial charge in [0.15, 0.2) is 5.82 Å². The van der Waals surface area contributed by atoms with Crippen molar-refractivity contribution in [1.29, 1.82) is 0 Å². The predicted molar refractivity (Wildman–Crippen MR) is 123 cm³/mol. The van der Waals surface area contributed by atoms with Crippen molar-refractivity contribution in [2.24, 2.45) is 0 Å². The quantitative estimate of drug-likeness (QED) is 0.413. The van der Waals surface area contributed by atoms with E-state index in [1.54, 1.807) is 26.4 Å². The molecule has 11 heteroatoms. The van der Waals surface area contributed by atoms with Crippen molar-refractivity contribution in [2.75, 3.05) is 24.3 Å². The summed E-state index contributed by atoms with van der Waals surface area (Å²) in [6.07, 6.45) is 1.26. The first-order valence-electron chi connectivity index (χ1n) is 9.75. The minimum atomic E-state index is -3.93. The summed E-state index contributed by atoms with van der Waals surface area (Å²) >= 11 is 0. The number of anilines is 2. The largest absolute Gasteiger partial charge is 0.497 e. The first-order chi connectivity index (χ1) is 15.7. The number of aromatic amines is 1. The molecule has 3 N–H and O–H groups in total. The summed E-state index contributed by atoms with van der Waals surface area (Å²) in [5.74, 6) is 0.241. The first kappa shape index (κ1) is 23.8. The van der Waals surface area contributed by atoms with Gasteiger partial charge in [-0.15, -0.1) is 0 Å². The third kappa shape index (κ3) is 6.32. The second-order valence-electron chi connectivity index (χ2n) is 6.96. The van der Waals surface area contributed by atoms with Crippen LogP contribution < -0.4 is 19.5 Å². The molecule has 0 aliphatic heterocycles. The zero-order valence-electron chi connectivity index (χ0n) is 18.0. The lowest BCUT2D eigenvalue weighted by Gasteiger charge is -2.10. The molecule has 2 aromatic carbocycles. The molecular formula is C22H23FN4O5S. The van der Waals surface area contributed by atoms with Crippen LogP contribution in [0, 0.1) is 5.82 Å². The van der Waals surface area contributed by atoms with Crippen LogP contribution in [0.5, 0.6) is 11.5 Å². The zero-order chi connectivity index (χ0) is 24.0. The maximum Gasteiger partial charge on any atom is 0.258 e. The number of carbonyl (C=O) groups excluding carboxylic acids is 1. The van der Waals surface area contributed by atoms with Crippen molar-refractivity contribution in [1.82, 2.24) is 10.2 Å². The maximum atomic E-state index is 13.6. The number of ether oxygens (including phenoxy) is 2. The van der Waals surface area contributed by atoms with Crippen LogP contribution in [-0.4, -0.2) is 38.7 Å². The third-order valence-corrected chi connectivity index (χ3v) is 5.61. The van der Waals surface area contributed by atoms with E-state index in [1.807, 2.05) is 12.1 Å². The van der Waals surface area contributed by atoms with Crippen LogP contribution in [0.2, 0.25) is 0 Å². The fraction of sp³-hybridized carbons (Fsp3) is 0.182. The Hall–Kier alpha value is -3.86. The van der Waals surface area contributed by atoms with Gasteiger partial charge in [0, 0.05) is 23.2 Å². The molecule has 1 heterocycles. The summed E-state index contributed by atoms with van der Waals surface area (Å²) in [5, 5.41) is 10.2. The molecule has 1 amide bonds. The molecule has 0 fully saturated rings. The fourth-order valence-corrected chi connectivity index (χ4v) is 3.58. The number of halogens is 1. The molecule has 3 rings (SSSR count). The number of H-pyrrole nitrogens is 1. The van der Waals surface area contributed by atoms with E-state index in [4.69, 9.17) is 9.47 Å². The molecule has 0 bridgehead atoms. The standard InChI is InChI=1S/C22H23FN4O5S/c1-4-33(29,30)27-20-11-15(23)6-8-19(20)22(28)24-21-12-16(25-26-21)7-5-14-9-17(31-2)13-18(10-14)32-3/h4,6,8-13,27H,1,5,7H2,2-3H3,(H2,24,25,26,28).